The Balaban J connectivity index is 2.48. The first-order valence-corrected chi connectivity index (χ1v) is 5.14. The number of carboxylic acid groups (broad SMARTS) is 1. The normalized spacial score (nSPS) is 22.0. The molecular formula is C10H14N2O5. The number of piperazine rings is 1. The molecule has 1 fully saturated rings. The quantitative estimate of drug-likeness (QED) is 0.300. The maximum atomic E-state index is 11.2. The van der Waals surface area contributed by atoms with Crippen molar-refractivity contribution in [3.63, 3.8) is 0 Å². The number of hydrogen-bond donors (Lipinski definition) is 3. The molecule has 0 radical (unpaired) electrons. The van der Waals surface area contributed by atoms with E-state index in [1.807, 2.05) is 0 Å². The Morgan fingerprint density at radius 2 is 2.12 bits per heavy atom. The van der Waals surface area contributed by atoms with Crippen LogP contribution in [-0.4, -0.2) is 55.1 Å². The smallest absolute Gasteiger partial charge is 0.331 e. The van der Waals surface area contributed by atoms with Crippen LogP contribution in [0.1, 0.15) is 0 Å². The summed E-state index contributed by atoms with van der Waals surface area (Å²) in [7, 11) is 0. The van der Waals surface area contributed by atoms with Crippen LogP contribution in [-0.2, 0) is 19.1 Å². The van der Waals surface area contributed by atoms with E-state index in [1.165, 1.54) is 0 Å². The van der Waals surface area contributed by atoms with E-state index in [-0.39, 0.29) is 6.04 Å². The zero-order valence-electron chi connectivity index (χ0n) is 9.09. The third kappa shape index (κ3) is 4.75. The van der Waals surface area contributed by atoms with Crippen molar-refractivity contribution in [2.45, 2.75) is 12.1 Å². The molecule has 1 rings (SSSR count). The summed E-state index contributed by atoms with van der Waals surface area (Å²) in [5, 5.41) is 14.4. The molecule has 1 aliphatic heterocycles. The summed E-state index contributed by atoms with van der Waals surface area (Å²) < 4.78 is 4.83. The number of rotatable bonds is 5. The molecule has 1 heterocycles. The molecule has 0 aromatic heterocycles. The second-order valence-electron chi connectivity index (χ2n) is 3.47. The van der Waals surface area contributed by atoms with Gasteiger partial charge >= 0.3 is 11.9 Å². The monoisotopic (exact) mass is 242 g/mol. The van der Waals surface area contributed by atoms with Crippen LogP contribution in [0, 0.1) is 0 Å². The summed E-state index contributed by atoms with van der Waals surface area (Å²) in [6, 6.07) is -0.288. The van der Waals surface area contributed by atoms with Gasteiger partial charge in [0.05, 0.1) is 6.04 Å². The molecule has 2 atom stereocenters. The van der Waals surface area contributed by atoms with Crippen molar-refractivity contribution in [1.29, 1.82) is 0 Å². The lowest BCUT2D eigenvalue weighted by Crippen LogP contribution is -2.55. The molecule has 0 saturated carbocycles. The van der Waals surface area contributed by atoms with E-state index in [9.17, 15) is 14.4 Å². The van der Waals surface area contributed by atoms with Gasteiger partial charge in [-0.1, -0.05) is 0 Å². The highest BCUT2D eigenvalue weighted by Gasteiger charge is 2.25. The van der Waals surface area contributed by atoms with Gasteiger partial charge in [-0.15, -0.1) is 0 Å². The van der Waals surface area contributed by atoms with E-state index < -0.39 is 18.0 Å². The minimum absolute atomic E-state index is 0.288. The van der Waals surface area contributed by atoms with Gasteiger partial charge < -0.3 is 20.5 Å². The average molecular weight is 242 g/mol. The first kappa shape index (κ1) is 13.3. The van der Waals surface area contributed by atoms with Crippen molar-refractivity contribution in [1.82, 2.24) is 10.6 Å². The summed E-state index contributed by atoms with van der Waals surface area (Å²) in [6.45, 7) is 1.98. The van der Waals surface area contributed by atoms with Crippen molar-refractivity contribution >= 4 is 18.2 Å². The van der Waals surface area contributed by atoms with E-state index in [2.05, 4.69) is 10.6 Å². The van der Waals surface area contributed by atoms with Crippen LogP contribution in [0.4, 0.5) is 0 Å². The van der Waals surface area contributed by atoms with Crippen molar-refractivity contribution < 1.29 is 24.2 Å². The highest BCUT2D eigenvalue weighted by Crippen LogP contribution is 2.00. The molecule has 0 spiro atoms. The van der Waals surface area contributed by atoms with Gasteiger partial charge in [0.2, 0.25) is 0 Å². The van der Waals surface area contributed by atoms with Crippen molar-refractivity contribution in [2.75, 3.05) is 19.6 Å². The first-order valence-electron chi connectivity index (χ1n) is 5.14. The Kier molecular flexibility index (Phi) is 5.31. The average Bonchev–Trinajstić information content (AvgIpc) is 2.34. The fraction of sp³-hybridized carbons (Fsp3) is 0.500. The summed E-state index contributed by atoms with van der Waals surface area (Å²) >= 11 is 0. The second kappa shape index (κ2) is 6.77. The van der Waals surface area contributed by atoms with Crippen LogP contribution in [0.5, 0.6) is 0 Å². The van der Waals surface area contributed by atoms with Crippen LogP contribution in [0.2, 0.25) is 0 Å². The van der Waals surface area contributed by atoms with Crippen molar-refractivity contribution in [3.05, 3.63) is 12.2 Å². The summed E-state index contributed by atoms with van der Waals surface area (Å²) in [5.74, 6) is -2.10. The molecule has 0 aromatic rings. The Labute approximate surface area is 97.8 Å². The topological polar surface area (TPSA) is 105 Å². The number of esters is 1. The van der Waals surface area contributed by atoms with Gasteiger partial charge in [-0.3, -0.25) is 4.79 Å². The summed E-state index contributed by atoms with van der Waals surface area (Å²) in [5.41, 5.74) is 0. The van der Waals surface area contributed by atoms with Crippen LogP contribution in [0.15, 0.2) is 12.2 Å². The van der Waals surface area contributed by atoms with E-state index in [4.69, 9.17) is 9.84 Å². The Bertz CT molecular complexity index is 323. The maximum Gasteiger partial charge on any atom is 0.331 e. The second-order valence-corrected chi connectivity index (χ2v) is 3.47. The predicted octanol–water partition coefficient (Wildman–Crippen LogP) is -1.70. The first-order chi connectivity index (χ1) is 8.13. The van der Waals surface area contributed by atoms with Gasteiger partial charge in [0, 0.05) is 31.8 Å². The molecule has 7 heteroatoms. The van der Waals surface area contributed by atoms with Crippen LogP contribution < -0.4 is 10.6 Å². The van der Waals surface area contributed by atoms with Gasteiger partial charge in [-0.2, -0.15) is 0 Å². The molecule has 1 aliphatic rings. The van der Waals surface area contributed by atoms with Gasteiger partial charge in [0.15, 0.2) is 12.4 Å². The molecule has 0 aromatic carbocycles. The molecule has 7 nitrogen and oxygen atoms in total. The largest absolute Gasteiger partial charge is 0.478 e. The van der Waals surface area contributed by atoms with Gasteiger partial charge in [0.1, 0.15) is 0 Å². The summed E-state index contributed by atoms with van der Waals surface area (Å²) in [6.07, 6.45) is 1.04. The third-order valence-electron chi connectivity index (χ3n) is 2.22. The standard InChI is InChI=1S/C10H14N2O5/c13-6-8(7-5-11-3-4-12-7)17-10(16)2-1-9(14)15/h1-2,6-8,11-12H,3-5H2,(H,14,15). The van der Waals surface area contributed by atoms with Crippen molar-refractivity contribution in [3.8, 4) is 0 Å². The molecule has 94 valence electrons. The van der Waals surface area contributed by atoms with Crippen molar-refractivity contribution in [2.24, 2.45) is 0 Å². The number of aliphatic carboxylic acids is 1. The minimum atomic E-state index is -1.25. The van der Waals surface area contributed by atoms with Gasteiger partial charge in [-0.05, 0) is 0 Å². The number of ether oxygens (including phenoxy) is 1. The van der Waals surface area contributed by atoms with Crippen LogP contribution in [0.25, 0.3) is 0 Å². The predicted molar refractivity (Wildman–Crippen MR) is 57.4 cm³/mol. The molecule has 17 heavy (non-hydrogen) atoms. The lowest BCUT2D eigenvalue weighted by Gasteiger charge is -2.28. The Morgan fingerprint density at radius 3 is 2.65 bits per heavy atom. The molecule has 0 amide bonds. The van der Waals surface area contributed by atoms with Crippen LogP contribution >= 0.6 is 0 Å². The maximum absolute atomic E-state index is 11.2. The molecule has 2 unspecified atom stereocenters. The number of carbonyl (C=O) groups excluding carboxylic acids is 2. The number of aldehydes is 1. The molecule has 0 aliphatic carbocycles. The fourth-order valence-electron chi connectivity index (χ4n) is 1.43. The lowest BCUT2D eigenvalue weighted by atomic mass is 10.1. The minimum Gasteiger partial charge on any atom is -0.478 e. The number of hydrogen-bond acceptors (Lipinski definition) is 6. The van der Waals surface area contributed by atoms with E-state index >= 15 is 0 Å². The Morgan fingerprint density at radius 1 is 1.35 bits per heavy atom. The highest BCUT2D eigenvalue weighted by atomic mass is 16.5. The summed E-state index contributed by atoms with van der Waals surface area (Å²) in [4.78, 5) is 32.1. The van der Waals surface area contributed by atoms with Crippen LogP contribution in [0.3, 0.4) is 0 Å². The SMILES string of the molecule is O=CC(OC(=O)C=CC(=O)O)C1CNCCN1. The van der Waals surface area contributed by atoms with Gasteiger partial charge in [0.25, 0.3) is 0 Å². The Hall–Kier alpha value is -1.73. The van der Waals surface area contributed by atoms with Gasteiger partial charge in [-0.25, -0.2) is 9.59 Å². The van der Waals surface area contributed by atoms with E-state index in [0.29, 0.717) is 25.5 Å². The third-order valence-corrected chi connectivity index (χ3v) is 2.22. The van der Waals surface area contributed by atoms with E-state index in [0.717, 1.165) is 12.6 Å². The number of nitrogens with one attached hydrogen (secondary N) is 2. The molecular weight excluding hydrogens is 228 g/mol. The molecule has 1 saturated heterocycles. The number of carboxylic acids is 1. The molecule has 3 N–H and O–H groups in total. The fourth-order valence-corrected chi connectivity index (χ4v) is 1.43. The number of carbonyl (C=O) groups is 3. The zero-order valence-corrected chi connectivity index (χ0v) is 9.09. The van der Waals surface area contributed by atoms with E-state index in [1.54, 1.807) is 0 Å². The molecule has 0 bridgehead atoms. The zero-order chi connectivity index (χ0) is 12.7. The lowest BCUT2D eigenvalue weighted by molar-refractivity contribution is -0.148. The highest BCUT2D eigenvalue weighted by molar-refractivity contribution is 5.91.